The number of unbranched alkanes of at least 4 members (excludes halogenated alkanes) is 17. The smallest absolute Gasteiger partial charge is 0.472 e. The van der Waals surface area contributed by atoms with Gasteiger partial charge in [-0.05, 0) is 77.0 Å². The Morgan fingerprint density at radius 1 is 0.552 bits per heavy atom. The molecule has 0 saturated carbocycles. The second-order valence-corrected chi connectivity index (χ2v) is 16.2. The molecule has 0 saturated heterocycles. The lowest BCUT2D eigenvalue weighted by Crippen LogP contribution is -2.34. The standard InChI is InChI=1S/C46H80NO10P/c1-3-5-7-9-11-13-15-17-18-19-20-21-22-23-24-26-28-30-32-34-36-38-45(49)57-42(40-55-58(52,53)56-41-43(47)46(50)51)39-54-44(48)37-35-33-31-29-27-25-16-14-12-10-8-6-4-2/h5,7,11,13-14,16-18,20-21,42-43H,3-4,6,8-10,12,15,19,22-41,47H2,1-2H3,(H,50,51)(H,52,53)/b7-5-,13-11-,16-14-,18-17-,21-20-. The van der Waals surface area contributed by atoms with Gasteiger partial charge in [-0.2, -0.15) is 0 Å². The van der Waals surface area contributed by atoms with Crippen LogP contribution in [0.25, 0.3) is 0 Å². The first-order chi connectivity index (χ1) is 28.1. The van der Waals surface area contributed by atoms with Gasteiger partial charge in [-0.3, -0.25) is 23.4 Å². The van der Waals surface area contributed by atoms with Gasteiger partial charge in [-0.15, -0.1) is 0 Å². The number of rotatable bonds is 41. The summed E-state index contributed by atoms with van der Waals surface area (Å²) >= 11 is 0. The number of ether oxygens (including phenoxy) is 2. The van der Waals surface area contributed by atoms with Crippen LogP contribution in [-0.4, -0.2) is 59.9 Å². The summed E-state index contributed by atoms with van der Waals surface area (Å²) in [5.74, 6) is -2.40. The molecule has 0 aliphatic rings. The minimum atomic E-state index is -4.72. The number of carbonyl (C=O) groups is 3. The topological polar surface area (TPSA) is 172 Å². The normalized spacial score (nSPS) is 14.3. The fraction of sp³-hybridized carbons (Fsp3) is 0.717. The number of nitrogens with two attached hydrogens (primary N) is 1. The van der Waals surface area contributed by atoms with Gasteiger partial charge in [-0.25, -0.2) is 4.57 Å². The van der Waals surface area contributed by atoms with Gasteiger partial charge in [0, 0.05) is 12.8 Å². The van der Waals surface area contributed by atoms with Crippen molar-refractivity contribution in [2.75, 3.05) is 19.8 Å². The number of esters is 2. The number of carboxylic acids is 1. The van der Waals surface area contributed by atoms with Gasteiger partial charge in [0.2, 0.25) is 0 Å². The molecule has 3 unspecified atom stereocenters. The van der Waals surface area contributed by atoms with Crippen molar-refractivity contribution in [2.45, 2.75) is 193 Å². The largest absolute Gasteiger partial charge is 0.480 e. The molecule has 58 heavy (non-hydrogen) atoms. The first-order valence-corrected chi connectivity index (χ1v) is 23.8. The number of carbonyl (C=O) groups excluding carboxylic acids is 2. The van der Waals surface area contributed by atoms with Crippen LogP contribution in [0, 0.1) is 0 Å². The fourth-order valence-corrected chi connectivity index (χ4v) is 6.53. The highest BCUT2D eigenvalue weighted by Crippen LogP contribution is 2.43. The third-order valence-corrected chi connectivity index (χ3v) is 10.2. The van der Waals surface area contributed by atoms with Gasteiger partial charge in [0.25, 0.3) is 0 Å². The zero-order chi connectivity index (χ0) is 42.8. The molecular weight excluding hydrogens is 757 g/mol. The van der Waals surface area contributed by atoms with E-state index < -0.39 is 51.1 Å². The Hall–Kier alpha value is -2.82. The van der Waals surface area contributed by atoms with E-state index >= 15 is 0 Å². The van der Waals surface area contributed by atoms with Crippen LogP contribution in [0.1, 0.15) is 181 Å². The van der Waals surface area contributed by atoms with E-state index in [9.17, 15) is 23.8 Å². The molecule has 0 heterocycles. The molecule has 0 aromatic carbocycles. The number of hydrogen-bond donors (Lipinski definition) is 3. The first-order valence-electron chi connectivity index (χ1n) is 22.3. The second-order valence-electron chi connectivity index (χ2n) is 14.8. The van der Waals surface area contributed by atoms with Crippen molar-refractivity contribution in [1.29, 1.82) is 0 Å². The Labute approximate surface area is 351 Å². The van der Waals surface area contributed by atoms with Gasteiger partial charge in [0.1, 0.15) is 12.6 Å². The van der Waals surface area contributed by atoms with E-state index in [1.54, 1.807) is 0 Å². The number of aliphatic carboxylic acids is 1. The van der Waals surface area contributed by atoms with Crippen molar-refractivity contribution in [3.8, 4) is 0 Å². The zero-order valence-corrected chi connectivity index (χ0v) is 37.0. The van der Waals surface area contributed by atoms with Crippen molar-refractivity contribution in [1.82, 2.24) is 0 Å². The maximum atomic E-state index is 12.6. The van der Waals surface area contributed by atoms with Gasteiger partial charge in [0.05, 0.1) is 13.2 Å². The molecule has 0 fully saturated rings. The molecule has 0 aliphatic carbocycles. The zero-order valence-electron chi connectivity index (χ0n) is 36.1. The SMILES string of the molecule is CC/C=C\C/C=C\C/C=C\C/C=C\CCCCCCCCCCC(=O)OC(COC(=O)CCCCCCC/C=C\CCCCCC)COP(=O)(O)OCC(N)C(=O)O. The van der Waals surface area contributed by atoms with Crippen molar-refractivity contribution >= 4 is 25.7 Å². The number of hydrogen-bond acceptors (Lipinski definition) is 9. The summed E-state index contributed by atoms with van der Waals surface area (Å²) in [5, 5.41) is 8.89. The van der Waals surface area contributed by atoms with Crippen LogP contribution in [0.5, 0.6) is 0 Å². The second kappa shape index (κ2) is 40.9. The summed E-state index contributed by atoms with van der Waals surface area (Å²) in [6.07, 6.45) is 47.1. The molecule has 334 valence electrons. The Balaban J connectivity index is 4.35. The predicted octanol–water partition coefficient (Wildman–Crippen LogP) is 12.0. The lowest BCUT2D eigenvalue weighted by Gasteiger charge is -2.20. The Morgan fingerprint density at radius 2 is 0.966 bits per heavy atom. The summed E-state index contributed by atoms with van der Waals surface area (Å²) in [6, 6.07) is -1.53. The van der Waals surface area contributed by atoms with Crippen LogP contribution < -0.4 is 5.73 Å². The molecule has 3 atom stereocenters. The highest BCUT2D eigenvalue weighted by atomic mass is 31.2. The van der Waals surface area contributed by atoms with E-state index in [0.29, 0.717) is 12.8 Å². The maximum Gasteiger partial charge on any atom is 0.472 e. The van der Waals surface area contributed by atoms with Crippen molar-refractivity contribution in [2.24, 2.45) is 5.73 Å². The summed E-state index contributed by atoms with van der Waals surface area (Å²) < 4.78 is 32.7. The molecule has 0 spiro atoms. The van der Waals surface area contributed by atoms with Crippen LogP contribution in [0.15, 0.2) is 60.8 Å². The van der Waals surface area contributed by atoms with Gasteiger partial charge >= 0.3 is 25.7 Å². The minimum Gasteiger partial charge on any atom is -0.480 e. The average Bonchev–Trinajstić information content (AvgIpc) is 3.20. The average molecular weight is 838 g/mol. The molecule has 0 bridgehead atoms. The number of phosphoric ester groups is 1. The van der Waals surface area contributed by atoms with E-state index in [4.69, 9.17) is 24.8 Å². The maximum absolute atomic E-state index is 12.6. The minimum absolute atomic E-state index is 0.148. The molecule has 4 N–H and O–H groups in total. The Bertz CT molecular complexity index is 1210. The molecule has 0 aliphatic heterocycles. The molecule has 0 amide bonds. The van der Waals surface area contributed by atoms with Crippen LogP contribution in [-0.2, 0) is 37.5 Å². The third kappa shape index (κ3) is 40.0. The van der Waals surface area contributed by atoms with Crippen LogP contribution in [0.4, 0.5) is 0 Å². The number of phosphoric acid groups is 1. The lowest BCUT2D eigenvalue weighted by molar-refractivity contribution is -0.161. The van der Waals surface area contributed by atoms with Crippen LogP contribution >= 0.6 is 7.82 Å². The van der Waals surface area contributed by atoms with E-state index in [1.165, 1.54) is 44.9 Å². The fourth-order valence-electron chi connectivity index (χ4n) is 5.76. The van der Waals surface area contributed by atoms with Gasteiger partial charge in [0.15, 0.2) is 6.10 Å². The van der Waals surface area contributed by atoms with E-state index in [0.717, 1.165) is 96.3 Å². The third-order valence-electron chi connectivity index (χ3n) is 9.25. The Morgan fingerprint density at radius 3 is 1.47 bits per heavy atom. The molecular formula is C46H80NO10P. The first kappa shape index (κ1) is 55.2. The number of allylic oxidation sites excluding steroid dienone is 10. The van der Waals surface area contributed by atoms with Crippen molar-refractivity contribution < 1.29 is 47.5 Å². The Kier molecular flexibility index (Phi) is 38.9. The summed E-state index contributed by atoms with van der Waals surface area (Å²) in [4.78, 5) is 46.0. The predicted molar refractivity (Wildman–Crippen MR) is 235 cm³/mol. The quantitative estimate of drug-likeness (QED) is 0.0231. The van der Waals surface area contributed by atoms with Gasteiger partial charge < -0.3 is 25.2 Å². The van der Waals surface area contributed by atoms with Crippen LogP contribution in [0.3, 0.4) is 0 Å². The summed E-state index contributed by atoms with van der Waals surface area (Å²) in [6.45, 7) is 2.65. The number of carboxylic acid groups (broad SMARTS) is 1. The van der Waals surface area contributed by atoms with Crippen molar-refractivity contribution in [3.05, 3.63) is 60.8 Å². The molecule has 0 aromatic rings. The molecule has 11 nitrogen and oxygen atoms in total. The molecule has 0 aromatic heterocycles. The van der Waals surface area contributed by atoms with Gasteiger partial charge in [-0.1, -0.05) is 152 Å². The summed E-state index contributed by atoms with van der Waals surface area (Å²) in [5.41, 5.74) is 5.33. The summed E-state index contributed by atoms with van der Waals surface area (Å²) in [7, 11) is -4.72. The highest BCUT2D eigenvalue weighted by Gasteiger charge is 2.28. The van der Waals surface area contributed by atoms with E-state index in [2.05, 4.69) is 79.1 Å². The molecule has 0 rings (SSSR count). The molecule has 0 radical (unpaired) electrons. The van der Waals surface area contributed by atoms with E-state index in [1.807, 2.05) is 0 Å². The van der Waals surface area contributed by atoms with Crippen LogP contribution in [0.2, 0.25) is 0 Å². The highest BCUT2D eigenvalue weighted by molar-refractivity contribution is 7.47. The lowest BCUT2D eigenvalue weighted by atomic mass is 10.1. The molecule has 12 heteroatoms. The monoisotopic (exact) mass is 838 g/mol. The van der Waals surface area contributed by atoms with Crippen molar-refractivity contribution in [3.63, 3.8) is 0 Å². The van der Waals surface area contributed by atoms with E-state index in [-0.39, 0.29) is 19.4 Å².